The van der Waals surface area contributed by atoms with Crippen molar-refractivity contribution in [3.05, 3.63) is 0 Å². The van der Waals surface area contributed by atoms with Crippen molar-refractivity contribution >= 4 is 12.3 Å². The summed E-state index contributed by atoms with van der Waals surface area (Å²) in [5.74, 6) is 0. The van der Waals surface area contributed by atoms with Crippen LogP contribution in [0.2, 0.25) is 0 Å². The molecule has 0 aliphatic heterocycles. The fraction of sp³-hybridized carbons (Fsp3) is 0.900. The minimum Gasteiger partial charge on any atom is -0.431 e. The maximum Gasteiger partial charge on any atom is 0.508 e. The third-order valence-electron chi connectivity index (χ3n) is 4.79. The number of hydrogen-bond acceptors (Lipinski definition) is 6. The summed E-state index contributed by atoms with van der Waals surface area (Å²) < 4.78 is 21.7. The summed E-state index contributed by atoms with van der Waals surface area (Å²) in [7, 11) is 0. The average Bonchev–Trinajstić information content (AvgIpc) is 2.62. The molecule has 6 nitrogen and oxygen atoms in total. The fourth-order valence-electron chi connectivity index (χ4n) is 3.24. The Morgan fingerprint density at radius 2 is 1.15 bits per heavy atom. The van der Waals surface area contributed by atoms with E-state index in [0.29, 0.717) is 12.8 Å². The van der Waals surface area contributed by atoms with Crippen LogP contribution < -0.4 is 0 Å². The Labute approximate surface area is 157 Å². The molecule has 0 heterocycles. The molecule has 152 valence electrons. The second kappa shape index (κ2) is 12.8. The average molecular weight is 373 g/mol. The SMILES string of the molecule is CCCC(CC)OC(=O)OC1CCCCC1OC(=O)OC(CC)CCC. The zero-order valence-corrected chi connectivity index (χ0v) is 16.8. The van der Waals surface area contributed by atoms with Crippen molar-refractivity contribution in [3.63, 3.8) is 0 Å². The molecule has 1 saturated carbocycles. The number of carbonyl (C=O) groups is 2. The molecule has 1 rings (SSSR count). The minimum atomic E-state index is -0.670. The van der Waals surface area contributed by atoms with Gasteiger partial charge in [-0.25, -0.2) is 9.59 Å². The molecule has 6 heteroatoms. The van der Waals surface area contributed by atoms with Crippen LogP contribution in [0.4, 0.5) is 9.59 Å². The van der Waals surface area contributed by atoms with E-state index < -0.39 is 24.5 Å². The van der Waals surface area contributed by atoms with E-state index >= 15 is 0 Å². The minimum absolute atomic E-state index is 0.125. The maximum atomic E-state index is 12.1. The Hall–Kier alpha value is -1.46. The summed E-state index contributed by atoms with van der Waals surface area (Å²) in [5.41, 5.74) is 0. The molecule has 0 aromatic carbocycles. The van der Waals surface area contributed by atoms with Crippen molar-refractivity contribution in [2.75, 3.05) is 0 Å². The molecule has 4 unspecified atom stereocenters. The molecular formula is C20H36O6. The fourth-order valence-corrected chi connectivity index (χ4v) is 3.24. The summed E-state index contributed by atoms with van der Waals surface area (Å²) in [6.45, 7) is 8.07. The van der Waals surface area contributed by atoms with E-state index in [4.69, 9.17) is 18.9 Å². The van der Waals surface area contributed by atoms with E-state index in [-0.39, 0.29) is 12.2 Å². The molecule has 1 aliphatic rings. The first-order chi connectivity index (χ1) is 12.5. The van der Waals surface area contributed by atoms with Gasteiger partial charge in [-0.15, -0.1) is 0 Å². The summed E-state index contributed by atoms with van der Waals surface area (Å²) >= 11 is 0. The van der Waals surface area contributed by atoms with Gasteiger partial charge in [-0.1, -0.05) is 40.5 Å². The van der Waals surface area contributed by atoms with Crippen LogP contribution >= 0.6 is 0 Å². The van der Waals surface area contributed by atoms with Gasteiger partial charge < -0.3 is 18.9 Å². The molecule has 0 N–H and O–H groups in total. The van der Waals surface area contributed by atoms with E-state index in [1.165, 1.54) is 0 Å². The van der Waals surface area contributed by atoms with Crippen LogP contribution in [0.5, 0.6) is 0 Å². The van der Waals surface area contributed by atoms with E-state index in [1.807, 2.05) is 13.8 Å². The summed E-state index contributed by atoms with van der Waals surface area (Å²) in [6, 6.07) is 0. The van der Waals surface area contributed by atoms with Crippen molar-refractivity contribution < 1.29 is 28.5 Å². The quantitative estimate of drug-likeness (QED) is 0.454. The molecule has 0 amide bonds. The highest BCUT2D eigenvalue weighted by molar-refractivity contribution is 5.61. The predicted molar refractivity (Wildman–Crippen MR) is 99.2 cm³/mol. The number of hydrogen-bond donors (Lipinski definition) is 0. The highest BCUT2D eigenvalue weighted by atomic mass is 16.8. The van der Waals surface area contributed by atoms with Crippen LogP contribution in [-0.2, 0) is 18.9 Å². The largest absolute Gasteiger partial charge is 0.508 e. The molecule has 26 heavy (non-hydrogen) atoms. The van der Waals surface area contributed by atoms with Crippen LogP contribution in [0.15, 0.2) is 0 Å². The highest BCUT2D eigenvalue weighted by Gasteiger charge is 2.33. The summed E-state index contributed by atoms with van der Waals surface area (Å²) in [6.07, 6.45) is 5.75. The molecule has 0 aromatic rings. The van der Waals surface area contributed by atoms with Gasteiger partial charge in [0.2, 0.25) is 0 Å². The Bertz CT molecular complexity index is 373. The Morgan fingerprint density at radius 1 is 0.769 bits per heavy atom. The molecule has 0 aromatic heterocycles. The molecular weight excluding hydrogens is 336 g/mol. The van der Waals surface area contributed by atoms with Crippen LogP contribution in [0, 0.1) is 0 Å². The Kier molecular flexibility index (Phi) is 11.1. The van der Waals surface area contributed by atoms with Crippen molar-refractivity contribution in [2.24, 2.45) is 0 Å². The van der Waals surface area contributed by atoms with Crippen molar-refractivity contribution in [2.45, 2.75) is 116 Å². The monoisotopic (exact) mass is 372 g/mol. The van der Waals surface area contributed by atoms with Crippen LogP contribution in [0.25, 0.3) is 0 Å². The van der Waals surface area contributed by atoms with Crippen LogP contribution in [0.3, 0.4) is 0 Å². The predicted octanol–water partition coefficient (Wildman–Crippen LogP) is 5.76. The van der Waals surface area contributed by atoms with Crippen molar-refractivity contribution in [3.8, 4) is 0 Å². The topological polar surface area (TPSA) is 71.1 Å². The third kappa shape index (κ3) is 8.28. The smallest absolute Gasteiger partial charge is 0.431 e. The lowest BCUT2D eigenvalue weighted by molar-refractivity contribution is -0.0839. The van der Waals surface area contributed by atoms with Crippen molar-refractivity contribution in [1.82, 2.24) is 0 Å². The molecule has 0 radical (unpaired) electrons. The van der Waals surface area contributed by atoms with E-state index in [2.05, 4.69) is 13.8 Å². The third-order valence-corrected chi connectivity index (χ3v) is 4.79. The maximum absolute atomic E-state index is 12.1. The Balaban J connectivity index is 2.52. The second-order valence-electron chi connectivity index (χ2n) is 6.97. The molecule has 4 atom stereocenters. The Morgan fingerprint density at radius 3 is 1.46 bits per heavy atom. The molecule has 0 saturated heterocycles. The lowest BCUT2D eigenvalue weighted by atomic mass is 9.95. The van der Waals surface area contributed by atoms with Crippen LogP contribution in [-0.4, -0.2) is 36.7 Å². The highest BCUT2D eigenvalue weighted by Crippen LogP contribution is 2.25. The normalized spacial score (nSPS) is 22.2. The van der Waals surface area contributed by atoms with Crippen LogP contribution in [0.1, 0.15) is 91.9 Å². The first kappa shape index (κ1) is 22.6. The zero-order valence-electron chi connectivity index (χ0n) is 16.8. The van der Waals surface area contributed by atoms with Gasteiger partial charge in [0.15, 0.2) is 0 Å². The standard InChI is InChI=1S/C20H36O6/c1-5-11-15(7-3)23-19(21)25-17-13-9-10-14-18(17)26-20(22)24-16(8-4)12-6-2/h15-18H,5-14H2,1-4H3. The second-order valence-corrected chi connectivity index (χ2v) is 6.97. The van der Waals surface area contributed by atoms with Crippen molar-refractivity contribution in [1.29, 1.82) is 0 Å². The molecule has 1 aliphatic carbocycles. The van der Waals surface area contributed by atoms with Gasteiger partial charge in [0.1, 0.15) is 24.4 Å². The molecule has 1 fully saturated rings. The number of carbonyl (C=O) groups excluding carboxylic acids is 2. The van der Waals surface area contributed by atoms with Gasteiger partial charge in [-0.05, 0) is 51.4 Å². The van der Waals surface area contributed by atoms with Gasteiger partial charge in [-0.2, -0.15) is 0 Å². The number of ether oxygens (including phenoxy) is 4. The van der Waals surface area contributed by atoms with Gasteiger partial charge in [0.05, 0.1) is 0 Å². The number of rotatable bonds is 10. The van der Waals surface area contributed by atoms with Gasteiger partial charge in [-0.3, -0.25) is 0 Å². The lowest BCUT2D eigenvalue weighted by Gasteiger charge is -2.30. The summed E-state index contributed by atoms with van der Waals surface area (Å²) in [5, 5.41) is 0. The van der Waals surface area contributed by atoms with Gasteiger partial charge >= 0.3 is 12.3 Å². The first-order valence-corrected chi connectivity index (χ1v) is 10.3. The first-order valence-electron chi connectivity index (χ1n) is 10.3. The molecule has 0 bridgehead atoms. The van der Waals surface area contributed by atoms with Gasteiger partial charge in [0, 0.05) is 0 Å². The lowest BCUT2D eigenvalue weighted by Crippen LogP contribution is -2.39. The zero-order chi connectivity index (χ0) is 19.4. The molecule has 0 spiro atoms. The van der Waals surface area contributed by atoms with E-state index in [9.17, 15) is 9.59 Å². The van der Waals surface area contributed by atoms with Gasteiger partial charge in [0.25, 0.3) is 0 Å². The van der Waals surface area contributed by atoms with E-state index in [0.717, 1.165) is 51.4 Å². The summed E-state index contributed by atoms with van der Waals surface area (Å²) in [4.78, 5) is 24.2. The van der Waals surface area contributed by atoms with E-state index in [1.54, 1.807) is 0 Å².